The number of hydrogen-bond donors (Lipinski definition) is 0. The van der Waals surface area contributed by atoms with Crippen LogP contribution in [0.15, 0.2) is 104 Å². The van der Waals surface area contributed by atoms with Gasteiger partial charge in [0.25, 0.3) is 11.6 Å². The van der Waals surface area contributed by atoms with Crippen molar-refractivity contribution in [3.05, 3.63) is 125 Å². The highest BCUT2D eigenvalue weighted by Crippen LogP contribution is 2.34. The van der Waals surface area contributed by atoms with Crippen molar-refractivity contribution in [3.63, 3.8) is 0 Å². The highest BCUT2D eigenvalue weighted by molar-refractivity contribution is 6.11. The molecule has 1 amide bonds. The first-order valence-corrected chi connectivity index (χ1v) is 11.4. The summed E-state index contributed by atoms with van der Waals surface area (Å²) < 4.78 is 42.3. The molecule has 39 heavy (non-hydrogen) atoms. The number of anilines is 2. The van der Waals surface area contributed by atoms with Gasteiger partial charge in [0.1, 0.15) is 0 Å². The lowest BCUT2D eigenvalue weighted by molar-refractivity contribution is -0.384. The topological polar surface area (TPSA) is 107 Å². The molecule has 0 aliphatic carbocycles. The van der Waals surface area contributed by atoms with E-state index in [0.717, 1.165) is 12.1 Å². The molecule has 0 radical (unpaired) electrons. The predicted octanol–water partition coefficient (Wildman–Crippen LogP) is 6.23. The monoisotopic (exact) mass is 530 g/mol. The van der Waals surface area contributed by atoms with Gasteiger partial charge >= 0.3 is 6.18 Å². The third-order valence-electron chi connectivity index (χ3n) is 5.69. The van der Waals surface area contributed by atoms with Crippen LogP contribution in [-0.4, -0.2) is 30.6 Å². The van der Waals surface area contributed by atoms with Gasteiger partial charge in [-0.3, -0.25) is 24.8 Å². The lowest BCUT2D eigenvalue weighted by Gasteiger charge is -2.23. The van der Waals surface area contributed by atoms with Crippen LogP contribution >= 0.6 is 0 Å². The number of para-hydroxylation sites is 1. The number of nitrogens with zero attached hydrogens (tertiary/aromatic N) is 6. The van der Waals surface area contributed by atoms with Crippen LogP contribution in [0.1, 0.15) is 16.1 Å². The average Bonchev–Trinajstić information content (AvgIpc) is 3.41. The van der Waals surface area contributed by atoms with Crippen molar-refractivity contribution < 1.29 is 22.9 Å². The molecule has 3 aromatic heterocycles. The number of hydrogen-bond acceptors (Lipinski definition) is 6. The Labute approximate surface area is 219 Å². The number of pyridine rings is 2. The molecule has 0 atom stereocenters. The zero-order valence-corrected chi connectivity index (χ0v) is 19.9. The van der Waals surface area contributed by atoms with Crippen molar-refractivity contribution in [1.29, 1.82) is 0 Å². The number of carbonyl (C=O) groups excluding carboxylic acids is 1. The van der Waals surface area contributed by atoms with Crippen LogP contribution in [0, 0.1) is 10.1 Å². The van der Waals surface area contributed by atoms with E-state index in [1.165, 1.54) is 53.8 Å². The molecule has 0 aliphatic heterocycles. The zero-order chi connectivity index (χ0) is 27.6. The fraction of sp³-hybridized carbons (Fsp3) is 0.0370. The molecule has 3 heterocycles. The molecule has 194 valence electrons. The first-order chi connectivity index (χ1) is 18.7. The molecule has 9 nitrogen and oxygen atoms in total. The zero-order valence-electron chi connectivity index (χ0n) is 19.9. The Kier molecular flexibility index (Phi) is 6.59. The molecule has 0 saturated heterocycles. The summed E-state index contributed by atoms with van der Waals surface area (Å²) in [4.78, 5) is 33.5. The lowest BCUT2D eigenvalue weighted by atomic mass is 10.1. The molecule has 0 aliphatic rings. The van der Waals surface area contributed by atoms with Crippen molar-refractivity contribution in [3.8, 4) is 17.1 Å². The lowest BCUT2D eigenvalue weighted by Crippen LogP contribution is -2.26. The Morgan fingerprint density at radius 2 is 1.69 bits per heavy atom. The number of halogens is 3. The first-order valence-electron chi connectivity index (χ1n) is 11.4. The number of non-ortho nitro benzene ring substituents is 1. The number of nitro benzene ring substituents is 1. The predicted molar refractivity (Wildman–Crippen MR) is 136 cm³/mol. The van der Waals surface area contributed by atoms with Crippen molar-refractivity contribution in [2.24, 2.45) is 0 Å². The van der Waals surface area contributed by atoms with Crippen molar-refractivity contribution in [2.75, 3.05) is 4.90 Å². The van der Waals surface area contributed by atoms with Crippen LogP contribution in [0.4, 0.5) is 30.2 Å². The van der Waals surface area contributed by atoms with Gasteiger partial charge < -0.3 is 0 Å². The van der Waals surface area contributed by atoms with E-state index in [1.807, 2.05) is 0 Å². The number of benzene rings is 2. The minimum Gasteiger partial charge on any atom is -0.275 e. The Balaban J connectivity index is 1.56. The summed E-state index contributed by atoms with van der Waals surface area (Å²) in [5.74, 6) is -0.717. The molecule has 5 rings (SSSR count). The van der Waals surface area contributed by atoms with E-state index in [9.17, 15) is 28.1 Å². The molecule has 5 aromatic rings. The highest BCUT2D eigenvalue weighted by Gasteiger charge is 2.37. The Hall–Kier alpha value is -5.39. The molecule has 0 N–H and O–H groups in total. The molecule has 2 aromatic carbocycles. The first kappa shape index (κ1) is 25.3. The smallest absolute Gasteiger partial charge is 0.275 e. The van der Waals surface area contributed by atoms with E-state index in [-0.39, 0.29) is 28.5 Å². The van der Waals surface area contributed by atoms with Gasteiger partial charge in [-0.05, 0) is 48.5 Å². The molecule has 0 unspecified atom stereocenters. The maximum absolute atomic E-state index is 13.9. The van der Waals surface area contributed by atoms with Crippen LogP contribution in [0.25, 0.3) is 17.1 Å². The summed E-state index contributed by atoms with van der Waals surface area (Å²) in [6.07, 6.45) is -0.579. The number of nitro groups is 1. The van der Waals surface area contributed by atoms with Crippen molar-refractivity contribution >= 4 is 23.0 Å². The van der Waals surface area contributed by atoms with Gasteiger partial charge in [0.15, 0.2) is 11.5 Å². The Morgan fingerprint density at radius 3 is 2.33 bits per heavy atom. The van der Waals surface area contributed by atoms with Crippen LogP contribution in [-0.2, 0) is 6.18 Å². The summed E-state index contributed by atoms with van der Waals surface area (Å²) in [5.41, 5.74) is -0.125. The number of alkyl halides is 3. The van der Waals surface area contributed by atoms with Crippen LogP contribution in [0.3, 0.4) is 0 Å². The van der Waals surface area contributed by atoms with Gasteiger partial charge in [0, 0.05) is 41.3 Å². The summed E-state index contributed by atoms with van der Waals surface area (Å²) in [6.45, 7) is 0. The van der Waals surface area contributed by atoms with Gasteiger partial charge in [0.2, 0.25) is 0 Å². The third kappa shape index (κ3) is 5.21. The van der Waals surface area contributed by atoms with E-state index >= 15 is 0 Å². The van der Waals surface area contributed by atoms with Crippen LogP contribution in [0.2, 0.25) is 0 Å². The van der Waals surface area contributed by atoms with Crippen molar-refractivity contribution in [1.82, 2.24) is 19.7 Å². The highest BCUT2D eigenvalue weighted by atomic mass is 19.4. The standard InChI is InChI=1S/C27H17F3N6O3/c28-27(29,30)24-15-23(19-7-5-13-31-16-19)33-35(24)25-12-11-22(17-32-25)34(20-8-2-1-3-9-20)26(37)18-6-4-10-21(14-18)36(38)39/h1-17H. The normalized spacial score (nSPS) is 11.3. The molecule has 0 spiro atoms. The number of rotatable bonds is 6. The summed E-state index contributed by atoms with van der Waals surface area (Å²) in [5, 5.41) is 15.3. The molecular weight excluding hydrogens is 513 g/mol. The Morgan fingerprint density at radius 1 is 0.897 bits per heavy atom. The van der Waals surface area contributed by atoms with Gasteiger partial charge in [-0.25, -0.2) is 9.67 Å². The SMILES string of the molecule is O=C(c1cccc([N+](=O)[O-])c1)N(c1ccccc1)c1ccc(-n2nc(-c3cccnc3)cc2C(F)(F)F)nc1. The minimum absolute atomic E-state index is 0.0460. The number of carbonyl (C=O) groups is 1. The molecule has 0 fully saturated rings. The average molecular weight is 530 g/mol. The number of aromatic nitrogens is 4. The molecule has 0 bridgehead atoms. The van der Waals surface area contributed by atoms with E-state index in [4.69, 9.17) is 0 Å². The second kappa shape index (κ2) is 10.2. The fourth-order valence-corrected chi connectivity index (χ4v) is 3.89. The largest absolute Gasteiger partial charge is 0.433 e. The molecular formula is C27H17F3N6O3. The number of amides is 1. The second-order valence-corrected chi connectivity index (χ2v) is 8.22. The second-order valence-electron chi connectivity index (χ2n) is 8.22. The molecule has 0 saturated carbocycles. The Bertz CT molecular complexity index is 1640. The maximum Gasteiger partial charge on any atom is 0.433 e. The minimum atomic E-state index is -4.72. The van der Waals surface area contributed by atoms with Gasteiger partial charge in [-0.2, -0.15) is 18.3 Å². The van der Waals surface area contributed by atoms with E-state index in [2.05, 4.69) is 15.1 Å². The van der Waals surface area contributed by atoms with Crippen molar-refractivity contribution in [2.45, 2.75) is 6.18 Å². The van der Waals surface area contributed by atoms with Crippen LogP contribution < -0.4 is 4.90 Å². The van der Waals surface area contributed by atoms with Gasteiger partial charge in [-0.1, -0.05) is 24.3 Å². The summed E-state index contributed by atoms with van der Waals surface area (Å²) >= 11 is 0. The summed E-state index contributed by atoms with van der Waals surface area (Å²) in [6, 6.07) is 20.5. The van der Waals surface area contributed by atoms with Gasteiger partial charge in [0.05, 0.1) is 22.5 Å². The molecule has 12 heteroatoms. The maximum atomic E-state index is 13.9. The van der Waals surface area contributed by atoms with Crippen LogP contribution in [0.5, 0.6) is 0 Å². The third-order valence-corrected chi connectivity index (χ3v) is 5.69. The fourth-order valence-electron chi connectivity index (χ4n) is 3.89. The van der Waals surface area contributed by atoms with E-state index < -0.39 is 22.7 Å². The van der Waals surface area contributed by atoms with E-state index in [0.29, 0.717) is 15.9 Å². The van der Waals surface area contributed by atoms with Gasteiger partial charge in [-0.15, -0.1) is 0 Å². The summed E-state index contributed by atoms with van der Waals surface area (Å²) in [7, 11) is 0. The quantitative estimate of drug-likeness (QED) is 0.190. The van der Waals surface area contributed by atoms with E-state index in [1.54, 1.807) is 42.5 Å².